The minimum absolute atomic E-state index is 0.0648. The zero-order valence-electron chi connectivity index (χ0n) is 9.54. The van der Waals surface area contributed by atoms with Crippen LogP contribution >= 0.6 is 0 Å². The minimum atomic E-state index is -1.13. The first-order valence-corrected chi connectivity index (χ1v) is 4.93. The van der Waals surface area contributed by atoms with Crippen molar-refractivity contribution >= 4 is 12.1 Å². The van der Waals surface area contributed by atoms with Crippen molar-refractivity contribution in [1.82, 2.24) is 5.43 Å². The fourth-order valence-corrected chi connectivity index (χ4v) is 1.07. The molecule has 92 valence electrons. The number of hydrogen-bond acceptors (Lipinski definition) is 5. The van der Waals surface area contributed by atoms with Crippen molar-refractivity contribution in [2.45, 2.75) is 13.0 Å². The second-order valence-corrected chi connectivity index (χ2v) is 3.31. The molecule has 0 unspecified atom stereocenters. The van der Waals surface area contributed by atoms with Gasteiger partial charge in [-0.25, -0.2) is 5.43 Å². The van der Waals surface area contributed by atoms with E-state index in [1.807, 2.05) is 0 Å². The van der Waals surface area contributed by atoms with Crippen molar-refractivity contribution in [2.24, 2.45) is 5.10 Å². The van der Waals surface area contributed by atoms with Gasteiger partial charge >= 0.3 is 0 Å². The number of nitrogens with one attached hydrogen (secondary N) is 1. The van der Waals surface area contributed by atoms with Gasteiger partial charge in [-0.15, -0.1) is 0 Å². The number of ether oxygens (including phenoxy) is 1. The number of aliphatic hydroxyl groups excluding tert-OH is 1. The van der Waals surface area contributed by atoms with Crippen molar-refractivity contribution in [2.75, 3.05) is 7.11 Å². The monoisotopic (exact) mass is 238 g/mol. The van der Waals surface area contributed by atoms with Gasteiger partial charge in [-0.2, -0.15) is 5.10 Å². The van der Waals surface area contributed by atoms with E-state index in [0.717, 1.165) is 0 Å². The van der Waals surface area contributed by atoms with E-state index >= 15 is 0 Å². The SMILES string of the molecule is COc1cccc(/C=N\NC(=O)[C@H](C)O)c1O. The summed E-state index contributed by atoms with van der Waals surface area (Å²) >= 11 is 0. The highest BCUT2D eigenvalue weighted by Crippen LogP contribution is 2.27. The number of rotatable bonds is 4. The topological polar surface area (TPSA) is 91.2 Å². The lowest BCUT2D eigenvalue weighted by molar-refractivity contribution is -0.128. The van der Waals surface area contributed by atoms with Gasteiger partial charge in [0.15, 0.2) is 11.5 Å². The molecule has 0 heterocycles. The fraction of sp³-hybridized carbons (Fsp3) is 0.273. The second kappa shape index (κ2) is 5.86. The van der Waals surface area contributed by atoms with Crippen LogP contribution in [0.2, 0.25) is 0 Å². The lowest BCUT2D eigenvalue weighted by atomic mass is 10.2. The number of phenolic OH excluding ortho intramolecular Hbond substituents is 1. The molecule has 3 N–H and O–H groups in total. The molecular weight excluding hydrogens is 224 g/mol. The van der Waals surface area contributed by atoms with Gasteiger partial charge in [-0.05, 0) is 19.1 Å². The summed E-state index contributed by atoms with van der Waals surface area (Å²) in [5.74, 6) is -0.371. The van der Waals surface area contributed by atoms with E-state index in [1.54, 1.807) is 18.2 Å². The third-order valence-electron chi connectivity index (χ3n) is 2.01. The molecule has 0 aliphatic rings. The van der Waals surface area contributed by atoms with Crippen molar-refractivity contribution in [3.8, 4) is 11.5 Å². The summed E-state index contributed by atoms with van der Waals surface area (Å²) in [7, 11) is 1.44. The van der Waals surface area contributed by atoms with Crippen LogP contribution in [0.15, 0.2) is 23.3 Å². The number of para-hydroxylation sites is 1. The molecule has 0 radical (unpaired) electrons. The Morgan fingerprint density at radius 3 is 2.88 bits per heavy atom. The average Bonchev–Trinajstić information content (AvgIpc) is 2.31. The summed E-state index contributed by atoms with van der Waals surface area (Å²) in [6.07, 6.45) is 0.129. The number of hydrazone groups is 1. The molecule has 0 saturated carbocycles. The van der Waals surface area contributed by atoms with E-state index in [9.17, 15) is 9.90 Å². The van der Waals surface area contributed by atoms with E-state index in [0.29, 0.717) is 11.3 Å². The third-order valence-corrected chi connectivity index (χ3v) is 2.01. The zero-order valence-corrected chi connectivity index (χ0v) is 9.54. The fourth-order valence-electron chi connectivity index (χ4n) is 1.07. The maximum absolute atomic E-state index is 11.0. The second-order valence-electron chi connectivity index (χ2n) is 3.31. The van der Waals surface area contributed by atoms with E-state index in [4.69, 9.17) is 9.84 Å². The van der Waals surface area contributed by atoms with Crippen molar-refractivity contribution in [3.05, 3.63) is 23.8 Å². The first-order valence-electron chi connectivity index (χ1n) is 4.93. The molecule has 1 aromatic carbocycles. The van der Waals surface area contributed by atoms with Gasteiger partial charge in [0.25, 0.3) is 5.91 Å². The zero-order chi connectivity index (χ0) is 12.8. The van der Waals surface area contributed by atoms with Crippen LogP contribution in [0.5, 0.6) is 11.5 Å². The largest absolute Gasteiger partial charge is 0.504 e. The van der Waals surface area contributed by atoms with Crippen LogP contribution in [0.4, 0.5) is 0 Å². The predicted octanol–water partition coefficient (Wildman–Crippen LogP) is 0.232. The summed E-state index contributed by atoms with van der Waals surface area (Å²) in [6.45, 7) is 1.33. The number of carbonyl (C=O) groups is 1. The molecule has 0 aliphatic carbocycles. The lowest BCUT2D eigenvalue weighted by Crippen LogP contribution is -2.28. The molecule has 6 nitrogen and oxygen atoms in total. The van der Waals surface area contributed by atoms with E-state index in [-0.39, 0.29) is 5.75 Å². The Balaban J connectivity index is 2.75. The first-order chi connectivity index (χ1) is 8.06. The van der Waals surface area contributed by atoms with Gasteiger partial charge in [0.1, 0.15) is 6.10 Å². The molecule has 0 fully saturated rings. The molecule has 0 aromatic heterocycles. The summed E-state index contributed by atoms with van der Waals surface area (Å²) in [6, 6.07) is 4.88. The number of hydrogen-bond donors (Lipinski definition) is 3. The Kier molecular flexibility index (Phi) is 4.47. The van der Waals surface area contributed by atoms with Crippen LogP contribution in [0.25, 0.3) is 0 Å². The molecule has 1 rings (SSSR count). The molecular formula is C11H14N2O4. The Labute approximate surface area is 98.5 Å². The van der Waals surface area contributed by atoms with Crippen molar-refractivity contribution in [1.29, 1.82) is 0 Å². The maximum atomic E-state index is 11.0. The molecule has 1 aromatic rings. The number of phenols is 1. The highest BCUT2D eigenvalue weighted by Gasteiger charge is 2.07. The summed E-state index contributed by atoms with van der Waals surface area (Å²) in [4.78, 5) is 11.0. The average molecular weight is 238 g/mol. The Hall–Kier alpha value is -2.08. The predicted molar refractivity (Wildman–Crippen MR) is 62.1 cm³/mol. The van der Waals surface area contributed by atoms with E-state index in [2.05, 4.69) is 10.5 Å². The number of methoxy groups -OCH3 is 1. The first kappa shape index (κ1) is 13.0. The summed E-state index contributed by atoms with van der Waals surface area (Å²) < 4.78 is 4.91. The molecule has 0 spiro atoms. The van der Waals surface area contributed by atoms with Crippen LogP contribution in [-0.2, 0) is 4.79 Å². The standard InChI is InChI=1S/C11H14N2O4/c1-7(14)11(16)13-12-6-8-4-3-5-9(17-2)10(8)15/h3-7,14-15H,1-2H3,(H,13,16)/b12-6-/t7-/m0/s1. The number of benzene rings is 1. The number of carbonyl (C=O) groups excluding carboxylic acids is 1. The third kappa shape index (κ3) is 3.46. The van der Waals surface area contributed by atoms with Crippen LogP contribution in [0, 0.1) is 0 Å². The van der Waals surface area contributed by atoms with Crippen LogP contribution in [0.1, 0.15) is 12.5 Å². The van der Waals surface area contributed by atoms with E-state index < -0.39 is 12.0 Å². The number of aromatic hydroxyl groups is 1. The molecule has 17 heavy (non-hydrogen) atoms. The van der Waals surface area contributed by atoms with E-state index in [1.165, 1.54) is 20.2 Å². The van der Waals surface area contributed by atoms with Gasteiger partial charge in [0.2, 0.25) is 0 Å². The molecule has 0 saturated heterocycles. The van der Waals surface area contributed by atoms with Crippen molar-refractivity contribution < 1.29 is 19.7 Å². The molecule has 0 aliphatic heterocycles. The van der Waals surface area contributed by atoms with Gasteiger partial charge in [0, 0.05) is 5.56 Å². The highest BCUT2D eigenvalue weighted by atomic mass is 16.5. The Bertz CT molecular complexity index is 429. The van der Waals surface area contributed by atoms with Crippen molar-refractivity contribution in [3.63, 3.8) is 0 Å². The number of amides is 1. The number of nitrogens with zero attached hydrogens (tertiary/aromatic N) is 1. The lowest BCUT2D eigenvalue weighted by Gasteiger charge is -2.05. The quantitative estimate of drug-likeness (QED) is 0.517. The van der Waals surface area contributed by atoms with Gasteiger partial charge < -0.3 is 14.9 Å². The summed E-state index contributed by atoms with van der Waals surface area (Å²) in [5.41, 5.74) is 2.52. The normalized spacial score (nSPS) is 12.4. The van der Waals surface area contributed by atoms with Gasteiger partial charge in [-0.1, -0.05) is 6.07 Å². The van der Waals surface area contributed by atoms with Gasteiger partial charge in [-0.3, -0.25) is 4.79 Å². The molecule has 0 bridgehead atoms. The van der Waals surface area contributed by atoms with Crippen LogP contribution in [0.3, 0.4) is 0 Å². The maximum Gasteiger partial charge on any atom is 0.268 e. The smallest absolute Gasteiger partial charge is 0.268 e. The van der Waals surface area contributed by atoms with Gasteiger partial charge in [0.05, 0.1) is 13.3 Å². The Morgan fingerprint density at radius 1 is 1.59 bits per heavy atom. The van der Waals surface area contributed by atoms with Crippen LogP contribution in [-0.4, -0.2) is 35.5 Å². The Morgan fingerprint density at radius 2 is 2.29 bits per heavy atom. The summed E-state index contributed by atoms with van der Waals surface area (Å²) in [5, 5.41) is 22.2. The van der Waals surface area contributed by atoms with Crippen LogP contribution < -0.4 is 10.2 Å². The molecule has 1 amide bonds. The minimum Gasteiger partial charge on any atom is -0.504 e. The highest BCUT2D eigenvalue weighted by molar-refractivity contribution is 5.86. The molecule has 1 atom stereocenters. The number of aliphatic hydroxyl groups is 1. The molecule has 6 heteroatoms.